The summed E-state index contributed by atoms with van der Waals surface area (Å²) in [6, 6.07) is 5.51. The summed E-state index contributed by atoms with van der Waals surface area (Å²) in [6.07, 6.45) is 1.25. The lowest BCUT2D eigenvalue weighted by atomic mass is 9.91. The van der Waals surface area contributed by atoms with Crippen molar-refractivity contribution in [3.63, 3.8) is 0 Å². The standard InChI is InChI=1S/C23H25F3N6O2.CH4O3S/c1-12(33)27-11-20(34)32-18-7-8-19(32)16-9-14(5-6-15(16)18)30-22-28-10-17(23(24,25)26)21(31-22)29-13-3-2-4-13;1-5(2,3)4/h5-6,9-10,13,18-19H,2-4,7-8,11H2,1H3,(H,27,33)(H2,28,29,30,31);1H3,(H,2,3,4). The van der Waals surface area contributed by atoms with Crippen LogP contribution < -0.4 is 16.0 Å². The van der Waals surface area contributed by atoms with Crippen molar-refractivity contribution >= 4 is 39.4 Å². The van der Waals surface area contributed by atoms with Crippen molar-refractivity contribution in [1.29, 1.82) is 0 Å². The number of rotatable bonds is 6. The van der Waals surface area contributed by atoms with Gasteiger partial charge >= 0.3 is 6.18 Å². The molecule has 1 aromatic carbocycles. The van der Waals surface area contributed by atoms with Gasteiger partial charge in [0, 0.05) is 24.8 Å². The van der Waals surface area contributed by atoms with Crippen molar-refractivity contribution in [2.24, 2.45) is 0 Å². The lowest BCUT2D eigenvalue weighted by Gasteiger charge is -2.28. The molecule has 2 aromatic rings. The van der Waals surface area contributed by atoms with Gasteiger partial charge in [-0.2, -0.15) is 26.6 Å². The van der Waals surface area contributed by atoms with E-state index in [0.29, 0.717) is 11.9 Å². The van der Waals surface area contributed by atoms with Crippen molar-refractivity contribution in [3.05, 3.63) is 41.1 Å². The number of benzene rings is 1. The van der Waals surface area contributed by atoms with Gasteiger partial charge in [-0.3, -0.25) is 14.1 Å². The monoisotopic (exact) mass is 570 g/mol. The van der Waals surface area contributed by atoms with Gasteiger partial charge in [0.2, 0.25) is 17.8 Å². The van der Waals surface area contributed by atoms with Crippen LogP contribution in [-0.2, 0) is 25.9 Å². The maximum Gasteiger partial charge on any atom is 0.421 e. The van der Waals surface area contributed by atoms with Crippen LogP contribution in [0.5, 0.6) is 0 Å². The first-order valence-corrected chi connectivity index (χ1v) is 14.1. The molecule has 3 heterocycles. The van der Waals surface area contributed by atoms with E-state index in [4.69, 9.17) is 4.55 Å². The van der Waals surface area contributed by atoms with Crippen LogP contribution in [0.2, 0.25) is 0 Å². The first-order valence-electron chi connectivity index (χ1n) is 12.3. The Bertz CT molecular complexity index is 1360. The minimum absolute atomic E-state index is 0.0135. The highest BCUT2D eigenvalue weighted by Crippen LogP contribution is 2.53. The van der Waals surface area contributed by atoms with Gasteiger partial charge < -0.3 is 20.9 Å². The predicted octanol–water partition coefficient (Wildman–Crippen LogP) is 3.56. The van der Waals surface area contributed by atoms with Crippen molar-refractivity contribution in [1.82, 2.24) is 20.2 Å². The molecule has 5 rings (SSSR count). The molecular weight excluding hydrogens is 541 g/mol. The number of halogens is 3. The van der Waals surface area contributed by atoms with Crippen LogP contribution in [0.3, 0.4) is 0 Å². The number of nitrogens with one attached hydrogen (secondary N) is 3. The van der Waals surface area contributed by atoms with Crippen molar-refractivity contribution in [3.8, 4) is 0 Å². The zero-order chi connectivity index (χ0) is 28.5. The third-order valence-corrected chi connectivity index (χ3v) is 6.76. The average molecular weight is 571 g/mol. The SMILES string of the molecule is CC(=O)NCC(=O)N1C2CCC1c1cc(Nc3ncc(C(F)(F)F)c(NC4CCC4)n3)ccc12.CS(=O)(=O)O. The van der Waals surface area contributed by atoms with E-state index < -0.39 is 21.9 Å². The highest BCUT2D eigenvalue weighted by Gasteiger charge is 2.46. The summed E-state index contributed by atoms with van der Waals surface area (Å²) in [4.78, 5) is 33.7. The topological polar surface area (TPSA) is 154 Å². The molecule has 2 amide bonds. The lowest BCUT2D eigenvalue weighted by molar-refractivity contribution is -0.137. The smallest absolute Gasteiger partial charge is 0.367 e. The van der Waals surface area contributed by atoms with Crippen LogP contribution in [0.15, 0.2) is 24.4 Å². The van der Waals surface area contributed by atoms with Crippen molar-refractivity contribution < 1.29 is 35.7 Å². The molecule has 0 spiro atoms. The normalized spacial score (nSPS) is 19.9. The molecule has 2 bridgehead atoms. The zero-order valence-corrected chi connectivity index (χ0v) is 22.1. The fourth-order valence-electron chi connectivity index (χ4n) is 4.94. The molecular formula is C24H29F3N6O5S. The molecule has 1 aromatic heterocycles. The number of hydrogen-bond donors (Lipinski definition) is 4. The summed E-state index contributed by atoms with van der Waals surface area (Å²) in [5.74, 6) is -0.543. The molecule has 1 saturated carbocycles. The fourth-order valence-corrected chi connectivity index (χ4v) is 4.94. The molecule has 1 aliphatic carbocycles. The number of amides is 2. The summed E-state index contributed by atoms with van der Waals surface area (Å²) in [6.45, 7) is 1.33. The Hall–Kier alpha value is -3.46. The quantitative estimate of drug-likeness (QED) is 0.382. The molecule has 11 nitrogen and oxygen atoms in total. The minimum atomic E-state index is -4.55. The third-order valence-electron chi connectivity index (χ3n) is 6.76. The fraction of sp³-hybridized carbons (Fsp3) is 0.500. The van der Waals surface area contributed by atoms with Gasteiger partial charge in [0.25, 0.3) is 10.1 Å². The Labute approximate surface area is 223 Å². The maximum atomic E-state index is 13.4. The number of anilines is 3. The highest BCUT2D eigenvalue weighted by atomic mass is 32.2. The largest absolute Gasteiger partial charge is 0.421 e. The highest BCUT2D eigenvalue weighted by molar-refractivity contribution is 7.85. The van der Waals surface area contributed by atoms with Gasteiger partial charge in [-0.05, 0) is 55.4 Å². The molecule has 212 valence electrons. The molecule has 39 heavy (non-hydrogen) atoms. The molecule has 2 aliphatic heterocycles. The second-order valence-corrected chi connectivity index (χ2v) is 11.2. The van der Waals surface area contributed by atoms with Gasteiger partial charge in [0.1, 0.15) is 11.4 Å². The molecule has 2 fully saturated rings. The van der Waals surface area contributed by atoms with Gasteiger partial charge in [0.05, 0.1) is 24.9 Å². The number of aromatic nitrogens is 2. The van der Waals surface area contributed by atoms with E-state index in [9.17, 15) is 31.2 Å². The number of hydrogen-bond acceptors (Lipinski definition) is 8. The number of fused-ring (bicyclic) bond motifs is 5. The van der Waals surface area contributed by atoms with Crippen LogP contribution in [0, 0.1) is 0 Å². The second kappa shape index (κ2) is 11.0. The first-order chi connectivity index (χ1) is 18.2. The molecule has 3 aliphatic rings. The predicted molar refractivity (Wildman–Crippen MR) is 136 cm³/mol. The summed E-state index contributed by atoms with van der Waals surface area (Å²) in [5.41, 5.74) is 1.80. The number of carbonyl (C=O) groups is 2. The van der Waals surface area contributed by atoms with Crippen LogP contribution in [0.25, 0.3) is 0 Å². The van der Waals surface area contributed by atoms with E-state index in [2.05, 4.69) is 25.9 Å². The number of nitrogens with zero attached hydrogens (tertiary/aromatic N) is 3. The molecule has 0 radical (unpaired) electrons. The Balaban J connectivity index is 0.000000648. The van der Waals surface area contributed by atoms with Crippen LogP contribution >= 0.6 is 0 Å². The summed E-state index contributed by atoms with van der Waals surface area (Å²) in [7, 11) is -3.67. The van der Waals surface area contributed by atoms with E-state index in [1.807, 2.05) is 23.1 Å². The molecule has 1 saturated heterocycles. The van der Waals surface area contributed by atoms with Crippen molar-refractivity contribution in [2.45, 2.75) is 63.3 Å². The van der Waals surface area contributed by atoms with E-state index in [1.54, 1.807) is 0 Å². The number of carbonyl (C=O) groups excluding carboxylic acids is 2. The molecule has 2 unspecified atom stereocenters. The van der Waals surface area contributed by atoms with E-state index in [1.165, 1.54) is 6.92 Å². The first kappa shape index (κ1) is 28.5. The van der Waals surface area contributed by atoms with Gasteiger partial charge in [-0.25, -0.2) is 4.98 Å². The van der Waals surface area contributed by atoms with Gasteiger partial charge in [0.15, 0.2) is 0 Å². The summed E-state index contributed by atoms with van der Waals surface area (Å²) in [5, 5.41) is 8.47. The van der Waals surface area contributed by atoms with Crippen molar-refractivity contribution in [2.75, 3.05) is 23.4 Å². The molecule has 15 heteroatoms. The summed E-state index contributed by atoms with van der Waals surface area (Å²) >= 11 is 0. The zero-order valence-electron chi connectivity index (χ0n) is 21.2. The van der Waals surface area contributed by atoms with E-state index in [0.717, 1.165) is 49.4 Å². The second-order valence-electron chi connectivity index (χ2n) is 9.75. The minimum Gasteiger partial charge on any atom is -0.367 e. The van der Waals surface area contributed by atoms with Gasteiger partial charge in [-0.1, -0.05) is 6.07 Å². The Morgan fingerprint density at radius 3 is 2.33 bits per heavy atom. The Morgan fingerprint density at radius 1 is 1.13 bits per heavy atom. The van der Waals surface area contributed by atoms with E-state index in [-0.39, 0.29) is 48.3 Å². The van der Waals surface area contributed by atoms with Crippen LogP contribution in [-0.4, -0.2) is 58.5 Å². The summed E-state index contributed by atoms with van der Waals surface area (Å²) < 4.78 is 66.1. The number of alkyl halides is 3. The molecule has 4 N–H and O–H groups in total. The maximum absolute atomic E-state index is 13.4. The molecule has 2 atom stereocenters. The van der Waals surface area contributed by atoms with Crippen LogP contribution in [0.1, 0.15) is 67.8 Å². The lowest BCUT2D eigenvalue weighted by Crippen LogP contribution is -2.37. The third kappa shape index (κ3) is 6.95. The Kier molecular flexibility index (Phi) is 8.02. The Morgan fingerprint density at radius 2 is 1.77 bits per heavy atom. The average Bonchev–Trinajstić information content (AvgIpc) is 3.35. The van der Waals surface area contributed by atoms with Crippen LogP contribution in [0.4, 0.5) is 30.6 Å². The van der Waals surface area contributed by atoms with Gasteiger partial charge in [-0.15, -0.1) is 0 Å². The van der Waals surface area contributed by atoms with E-state index >= 15 is 0 Å².